The first-order valence-corrected chi connectivity index (χ1v) is 7.62. The van der Waals surface area contributed by atoms with Crippen molar-refractivity contribution in [1.29, 1.82) is 0 Å². The van der Waals surface area contributed by atoms with Crippen LogP contribution in [0.3, 0.4) is 0 Å². The lowest BCUT2D eigenvalue weighted by Gasteiger charge is -2.18. The third-order valence-electron chi connectivity index (χ3n) is 3.64. The van der Waals surface area contributed by atoms with E-state index in [0.717, 1.165) is 35.3 Å². The smallest absolute Gasteiger partial charge is 0.163 e. The van der Waals surface area contributed by atoms with Gasteiger partial charge in [0.1, 0.15) is 12.4 Å². The SMILES string of the molecule is O=C1CCCc2c(OCc3ccc(Cl)c(Cl)c3)cccc21. The van der Waals surface area contributed by atoms with Crippen molar-refractivity contribution in [3.05, 3.63) is 63.1 Å². The lowest BCUT2D eigenvalue weighted by atomic mass is 9.90. The van der Waals surface area contributed by atoms with Crippen molar-refractivity contribution < 1.29 is 9.53 Å². The minimum atomic E-state index is 0.205. The summed E-state index contributed by atoms with van der Waals surface area (Å²) in [5.74, 6) is 0.989. The van der Waals surface area contributed by atoms with Gasteiger partial charge in [0.2, 0.25) is 0 Å². The number of ketones is 1. The van der Waals surface area contributed by atoms with Crippen LogP contribution in [0.1, 0.15) is 34.3 Å². The van der Waals surface area contributed by atoms with Gasteiger partial charge in [-0.05, 0) is 36.6 Å². The zero-order chi connectivity index (χ0) is 14.8. The Morgan fingerprint density at radius 3 is 2.71 bits per heavy atom. The van der Waals surface area contributed by atoms with Gasteiger partial charge < -0.3 is 4.74 Å². The Kier molecular flexibility index (Phi) is 4.18. The highest BCUT2D eigenvalue weighted by Crippen LogP contribution is 2.30. The second-order valence-electron chi connectivity index (χ2n) is 5.10. The number of fused-ring (bicyclic) bond motifs is 1. The van der Waals surface area contributed by atoms with Crippen molar-refractivity contribution in [2.45, 2.75) is 25.9 Å². The molecular formula is C17H14Cl2O2. The second kappa shape index (κ2) is 6.08. The van der Waals surface area contributed by atoms with Crippen LogP contribution in [0.15, 0.2) is 36.4 Å². The predicted octanol–water partition coefficient (Wildman–Crippen LogP) is 5.09. The van der Waals surface area contributed by atoms with Crippen LogP contribution in [0.2, 0.25) is 10.0 Å². The summed E-state index contributed by atoms with van der Waals surface area (Å²) in [6.45, 7) is 0.404. The summed E-state index contributed by atoms with van der Waals surface area (Å²) in [4.78, 5) is 11.9. The van der Waals surface area contributed by atoms with E-state index in [1.165, 1.54) is 0 Å². The largest absolute Gasteiger partial charge is 0.489 e. The highest BCUT2D eigenvalue weighted by molar-refractivity contribution is 6.42. The number of hydrogen-bond donors (Lipinski definition) is 0. The lowest BCUT2D eigenvalue weighted by Crippen LogP contribution is -2.12. The van der Waals surface area contributed by atoms with E-state index in [0.29, 0.717) is 23.1 Å². The number of hydrogen-bond acceptors (Lipinski definition) is 2. The molecule has 4 heteroatoms. The van der Waals surface area contributed by atoms with Crippen LogP contribution < -0.4 is 4.74 Å². The van der Waals surface area contributed by atoms with Gasteiger partial charge in [-0.2, -0.15) is 0 Å². The molecule has 0 fully saturated rings. The molecule has 0 N–H and O–H groups in total. The molecule has 21 heavy (non-hydrogen) atoms. The van der Waals surface area contributed by atoms with Crippen LogP contribution in [-0.4, -0.2) is 5.78 Å². The van der Waals surface area contributed by atoms with Crippen molar-refractivity contribution in [2.75, 3.05) is 0 Å². The average Bonchev–Trinajstić information content (AvgIpc) is 2.49. The first kappa shape index (κ1) is 14.4. The van der Waals surface area contributed by atoms with Crippen molar-refractivity contribution in [3.63, 3.8) is 0 Å². The monoisotopic (exact) mass is 320 g/mol. The number of Topliss-reactive ketones (excluding diaryl/α,β-unsaturated/α-hetero) is 1. The fourth-order valence-electron chi connectivity index (χ4n) is 2.57. The van der Waals surface area contributed by atoms with E-state index in [4.69, 9.17) is 27.9 Å². The predicted molar refractivity (Wildman–Crippen MR) is 84.5 cm³/mol. The molecule has 0 saturated heterocycles. The topological polar surface area (TPSA) is 26.3 Å². The quantitative estimate of drug-likeness (QED) is 0.787. The molecule has 2 nitrogen and oxygen atoms in total. The maximum Gasteiger partial charge on any atom is 0.163 e. The molecular weight excluding hydrogens is 307 g/mol. The minimum absolute atomic E-state index is 0.205. The molecule has 1 aliphatic rings. The summed E-state index contributed by atoms with van der Waals surface area (Å²) >= 11 is 11.9. The third-order valence-corrected chi connectivity index (χ3v) is 4.38. The molecule has 0 saturated carbocycles. The van der Waals surface area contributed by atoms with E-state index in [9.17, 15) is 4.79 Å². The summed E-state index contributed by atoms with van der Waals surface area (Å²) in [7, 11) is 0. The summed E-state index contributed by atoms with van der Waals surface area (Å²) in [5.41, 5.74) is 2.77. The molecule has 3 rings (SSSR count). The van der Waals surface area contributed by atoms with E-state index in [-0.39, 0.29) is 5.78 Å². The first-order valence-electron chi connectivity index (χ1n) is 6.87. The van der Waals surface area contributed by atoms with Gasteiger partial charge in [0.05, 0.1) is 10.0 Å². The number of carbonyl (C=O) groups excluding carboxylic acids is 1. The highest BCUT2D eigenvalue weighted by Gasteiger charge is 2.20. The normalized spacial score (nSPS) is 13.9. The van der Waals surface area contributed by atoms with Crippen molar-refractivity contribution in [1.82, 2.24) is 0 Å². The molecule has 0 radical (unpaired) electrons. The number of rotatable bonds is 3. The molecule has 0 heterocycles. The number of ether oxygens (including phenoxy) is 1. The van der Waals surface area contributed by atoms with Gasteiger partial charge in [0.25, 0.3) is 0 Å². The van der Waals surface area contributed by atoms with E-state index in [2.05, 4.69) is 0 Å². The molecule has 0 spiro atoms. The van der Waals surface area contributed by atoms with E-state index >= 15 is 0 Å². The Balaban J connectivity index is 1.81. The maximum absolute atomic E-state index is 11.9. The summed E-state index contributed by atoms with van der Waals surface area (Å²) in [5, 5.41) is 1.05. The Labute approximate surface area is 133 Å². The van der Waals surface area contributed by atoms with Crippen LogP contribution in [0, 0.1) is 0 Å². The molecule has 0 aliphatic heterocycles. The molecule has 1 aliphatic carbocycles. The Morgan fingerprint density at radius 2 is 1.90 bits per heavy atom. The van der Waals surface area contributed by atoms with Crippen LogP contribution in [0.4, 0.5) is 0 Å². The van der Waals surface area contributed by atoms with Gasteiger partial charge in [-0.1, -0.05) is 41.4 Å². The number of halogens is 2. The van der Waals surface area contributed by atoms with Crippen LogP contribution >= 0.6 is 23.2 Å². The molecule has 0 bridgehead atoms. The standard InChI is InChI=1S/C17H14Cl2O2/c18-14-8-7-11(9-15(14)19)10-21-17-6-2-3-12-13(17)4-1-5-16(12)20/h2-3,6-9H,1,4-5,10H2. The Morgan fingerprint density at radius 1 is 1.05 bits per heavy atom. The van der Waals surface area contributed by atoms with E-state index < -0.39 is 0 Å². The first-order chi connectivity index (χ1) is 10.1. The molecule has 2 aromatic rings. The molecule has 0 amide bonds. The fourth-order valence-corrected chi connectivity index (χ4v) is 2.89. The van der Waals surface area contributed by atoms with Crippen LogP contribution in [-0.2, 0) is 13.0 Å². The minimum Gasteiger partial charge on any atom is -0.489 e. The van der Waals surface area contributed by atoms with Crippen LogP contribution in [0.5, 0.6) is 5.75 Å². The number of carbonyl (C=O) groups is 1. The summed E-state index contributed by atoms with van der Waals surface area (Å²) in [6.07, 6.45) is 2.40. The van der Waals surface area contributed by atoms with Gasteiger partial charge in [0, 0.05) is 17.5 Å². The van der Waals surface area contributed by atoms with Gasteiger partial charge in [-0.3, -0.25) is 4.79 Å². The molecule has 2 aromatic carbocycles. The van der Waals surface area contributed by atoms with Crippen LogP contribution in [0.25, 0.3) is 0 Å². The summed E-state index contributed by atoms with van der Waals surface area (Å²) < 4.78 is 5.88. The molecule has 0 atom stereocenters. The van der Waals surface area contributed by atoms with Gasteiger partial charge in [0.15, 0.2) is 5.78 Å². The fraction of sp³-hybridized carbons (Fsp3) is 0.235. The second-order valence-corrected chi connectivity index (χ2v) is 5.91. The van der Waals surface area contributed by atoms with Gasteiger partial charge in [-0.25, -0.2) is 0 Å². The zero-order valence-corrected chi connectivity index (χ0v) is 12.9. The average molecular weight is 321 g/mol. The van der Waals surface area contributed by atoms with E-state index in [1.54, 1.807) is 12.1 Å². The van der Waals surface area contributed by atoms with Crippen molar-refractivity contribution >= 4 is 29.0 Å². The zero-order valence-electron chi connectivity index (χ0n) is 11.4. The molecule has 108 valence electrons. The third kappa shape index (κ3) is 3.07. The van der Waals surface area contributed by atoms with Gasteiger partial charge >= 0.3 is 0 Å². The van der Waals surface area contributed by atoms with Gasteiger partial charge in [-0.15, -0.1) is 0 Å². The highest BCUT2D eigenvalue weighted by atomic mass is 35.5. The number of benzene rings is 2. The summed E-state index contributed by atoms with van der Waals surface area (Å²) in [6, 6.07) is 11.1. The molecule has 0 aromatic heterocycles. The van der Waals surface area contributed by atoms with E-state index in [1.807, 2.05) is 24.3 Å². The Bertz CT molecular complexity index is 695. The Hall–Kier alpha value is -1.51. The lowest BCUT2D eigenvalue weighted by molar-refractivity contribution is 0.0971. The van der Waals surface area contributed by atoms with Crippen molar-refractivity contribution in [2.24, 2.45) is 0 Å². The van der Waals surface area contributed by atoms with Crippen molar-refractivity contribution in [3.8, 4) is 5.75 Å². The maximum atomic E-state index is 11.9. The molecule has 0 unspecified atom stereocenters.